The molecule has 6 nitrogen and oxygen atoms in total. The second-order valence-corrected chi connectivity index (χ2v) is 8.92. The molecule has 3 heterocycles. The molecule has 0 radical (unpaired) electrons. The van der Waals surface area contributed by atoms with E-state index in [2.05, 4.69) is 38.3 Å². The lowest BCUT2D eigenvalue weighted by molar-refractivity contribution is 0.0341. The number of H-pyrrole nitrogens is 1. The molecule has 162 valence electrons. The number of benzene rings is 1. The summed E-state index contributed by atoms with van der Waals surface area (Å²) in [6, 6.07) is 8.37. The summed E-state index contributed by atoms with van der Waals surface area (Å²) in [4.78, 5) is 19.8. The van der Waals surface area contributed by atoms with Gasteiger partial charge in [0.2, 0.25) is 0 Å². The van der Waals surface area contributed by atoms with Crippen LogP contribution in [0, 0.1) is 5.92 Å². The van der Waals surface area contributed by atoms with Gasteiger partial charge in [0.1, 0.15) is 5.69 Å². The SMILES string of the molecule is O=C(CCC1CCCC1)c1n[nH]c2ccc(-c3cncc(CN4CCOCC4)c3)cc12. The van der Waals surface area contributed by atoms with Gasteiger partial charge in [-0.3, -0.25) is 19.8 Å². The lowest BCUT2D eigenvalue weighted by atomic mass is 9.97. The highest BCUT2D eigenvalue weighted by molar-refractivity contribution is 6.06. The van der Waals surface area contributed by atoms with Crippen molar-refractivity contribution < 1.29 is 9.53 Å². The number of aromatic amines is 1. The molecule has 0 unspecified atom stereocenters. The number of carbonyl (C=O) groups is 1. The summed E-state index contributed by atoms with van der Waals surface area (Å²) in [6.07, 6.45) is 10.6. The first-order valence-electron chi connectivity index (χ1n) is 11.5. The number of hydrogen-bond acceptors (Lipinski definition) is 5. The Labute approximate surface area is 183 Å². The van der Waals surface area contributed by atoms with Gasteiger partial charge in [0.25, 0.3) is 0 Å². The van der Waals surface area contributed by atoms with Crippen molar-refractivity contribution in [3.8, 4) is 11.1 Å². The lowest BCUT2D eigenvalue weighted by Gasteiger charge is -2.26. The van der Waals surface area contributed by atoms with E-state index in [1.54, 1.807) is 0 Å². The van der Waals surface area contributed by atoms with E-state index in [9.17, 15) is 4.79 Å². The normalized spacial score (nSPS) is 18.1. The molecule has 2 aromatic heterocycles. The average molecular weight is 419 g/mol. The Bertz CT molecular complexity index is 1050. The van der Waals surface area contributed by atoms with Crippen LogP contribution in [0.4, 0.5) is 0 Å². The van der Waals surface area contributed by atoms with Gasteiger partial charge in [-0.05, 0) is 41.7 Å². The number of aromatic nitrogens is 3. The number of nitrogens with zero attached hydrogens (tertiary/aromatic N) is 3. The van der Waals surface area contributed by atoms with Crippen molar-refractivity contribution in [2.24, 2.45) is 5.92 Å². The predicted octanol–water partition coefficient (Wildman–Crippen LogP) is 4.61. The number of nitrogens with one attached hydrogen (secondary N) is 1. The maximum absolute atomic E-state index is 12.9. The molecule has 1 aliphatic heterocycles. The molecule has 2 aliphatic rings. The summed E-state index contributed by atoms with van der Waals surface area (Å²) in [5.41, 5.74) is 4.81. The summed E-state index contributed by atoms with van der Waals surface area (Å²) in [5.74, 6) is 0.861. The standard InChI is InChI=1S/C25H30N4O2/c30-24(8-5-18-3-1-2-4-18)25-22-14-20(6-7-23(22)27-28-25)21-13-19(15-26-16-21)17-29-9-11-31-12-10-29/h6-7,13-16,18H,1-5,8-12,17H2,(H,27,28). The highest BCUT2D eigenvalue weighted by Crippen LogP contribution is 2.30. The molecule has 31 heavy (non-hydrogen) atoms. The molecule has 0 atom stereocenters. The average Bonchev–Trinajstić information content (AvgIpc) is 3.48. The molecule has 1 aromatic carbocycles. The van der Waals surface area contributed by atoms with Gasteiger partial charge in [-0.25, -0.2) is 0 Å². The van der Waals surface area contributed by atoms with E-state index in [0.717, 1.165) is 61.3 Å². The van der Waals surface area contributed by atoms with Gasteiger partial charge in [0.15, 0.2) is 5.78 Å². The molecule has 0 bridgehead atoms. The summed E-state index contributed by atoms with van der Waals surface area (Å²) in [7, 11) is 0. The highest BCUT2D eigenvalue weighted by Gasteiger charge is 2.20. The first kappa shape index (κ1) is 20.3. The van der Waals surface area contributed by atoms with Gasteiger partial charge in [-0.15, -0.1) is 0 Å². The molecule has 1 saturated heterocycles. The van der Waals surface area contributed by atoms with E-state index in [4.69, 9.17) is 4.74 Å². The number of pyridine rings is 1. The second kappa shape index (κ2) is 9.28. The minimum atomic E-state index is 0.148. The molecule has 1 N–H and O–H groups in total. The fourth-order valence-corrected chi connectivity index (χ4v) is 4.91. The van der Waals surface area contributed by atoms with Gasteiger partial charge in [-0.2, -0.15) is 5.10 Å². The lowest BCUT2D eigenvalue weighted by Crippen LogP contribution is -2.35. The number of carbonyl (C=O) groups excluding carboxylic acids is 1. The summed E-state index contributed by atoms with van der Waals surface area (Å²) >= 11 is 0. The molecule has 6 heteroatoms. The highest BCUT2D eigenvalue weighted by atomic mass is 16.5. The summed E-state index contributed by atoms with van der Waals surface area (Å²) < 4.78 is 5.45. The fourth-order valence-electron chi connectivity index (χ4n) is 4.91. The van der Waals surface area contributed by atoms with Crippen molar-refractivity contribution in [3.63, 3.8) is 0 Å². The van der Waals surface area contributed by atoms with Crippen LogP contribution >= 0.6 is 0 Å². The van der Waals surface area contributed by atoms with Crippen molar-refractivity contribution in [2.75, 3.05) is 26.3 Å². The van der Waals surface area contributed by atoms with Gasteiger partial charge in [-0.1, -0.05) is 31.7 Å². The minimum absolute atomic E-state index is 0.148. The molecule has 2 fully saturated rings. The second-order valence-electron chi connectivity index (χ2n) is 8.92. The van der Waals surface area contributed by atoms with Gasteiger partial charge in [0.05, 0.1) is 18.7 Å². The third-order valence-electron chi connectivity index (χ3n) is 6.72. The number of hydrogen-bond donors (Lipinski definition) is 1. The van der Waals surface area contributed by atoms with Crippen LogP contribution in [0.1, 0.15) is 54.6 Å². The Morgan fingerprint density at radius 1 is 1.10 bits per heavy atom. The predicted molar refractivity (Wildman–Crippen MR) is 121 cm³/mol. The quantitative estimate of drug-likeness (QED) is 0.567. The van der Waals surface area contributed by atoms with Crippen molar-refractivity contribution in [2.45, 2.75) is 45.1 Å². The van der Waals surface area contributed by atoms with Crippen LogP contribution in [0.15, 0.2) is 36.7 Å². The van der Waals surface area contributed by atoms with Crippen LogP contribution in [-0.4, -0.2) is 52.2 Å². The third kappa shape index (κ3) is 4.70. The first-order chi connectivity index (χ1) is 15.3. The van der Waals surface area contributed by atoms with Crippen LogP contribution in [0.25, 0.3) is 22.0 Å². The van der Waals surface area contributed by atoms with Crippen LogP contribution < -0.4 is 0 Å². The molecule has 1 aliphatic carbocycles. The van der Waals surface area contributed by atoms with Crippen molar-refractivity contribution in [3.05, 3.63) is 47.9 Å². The Kier molecular flexibility index (Phi) is 6.09. The molecule has 1 saturated carbocycles. The van der Waals surface area contributed by atoms with E-state index in [1.807, 2.05) is 18.5 Å². The van der Waals surface area contributed by atoms with E-state index in [-0.39, 0.29) is 5.78 Å². The molecule has 5 rings (SSSR count). The minimum Gasteiger partial charge on any atom is -0.379 e. The maximum atomic E-state index is 12.9. The molecule has 3 aromatic rings. The van der Waals surface area contributed by atoms with Crippen LogP contribution in [-0.2, 0) is 11.3 Å². The fraction of sp³-hybridized carbons (Fsp3) is 0.480. The first-order valence-corrected chi connectivity index (χ1v) is 11.5. The zero-order valence-electron chi connectivity index (χ0n) is 18.0. The van der Waals surface area contributed by atoms with Crippen molar-refractivity contribution in [1.29, 1.82) is 0 Å². The van der Waals surface area contributed by atoms with E-state index >= 15 is 0 Å². The maximum Gasteiger partial charge on any atom is 0.183 e. The van der Waals surface area contributed by atoms with E-state index in [0.29, 0.717) is 18.0 Å². The van der Waals surface area contributed by atoms with E-state index < -0.39 is 0 Å². The van der Waals surface area contributed by atoms with E-state index in [1.165, 1.54) is 31.2 Å². The third-order valence-corrected chi connectivity index (χ3v) is 6.72. The number of morpholine rings is 1. The molecule has 0 spiro atoms. The van der Waals surface area contributed by atoms with Gasteiger partial charge >= 0.3 is 0 Å². The Balaban J connectivity index is 1.35. The summed E-state index contributed by atoms with van der Waals surface area (Å²) in [5, 5.41) is 8.31. The number of ketones is 1. The Hall–Kier alpha value is -2.57. The number of ether oxygens (including phenoxy) is 1. The largest absolute Gasteiger partial charge is 0.379 e. The number of fused-ring (bicyclic) bond motifs is 1. The number of Topliss-reactive ketones (excluding diaryl/α,β-unsaturated/α-hetero) is 1. The van der Waals surface area contributed by atoms with Crippen LogP contribution in [0.5, 0.6) is 0 Å². The van der Waals surface area contributed by atoms with Crippen LogP contribution in [0.2, 0.25) is 0 Å². The smallest absolute Gasteiger partial charge is 0.183 e. The molecular weight excluding hydrogens is 388 g/mol. The molecule has 0 amide bonds. The number of rotatable bonds is 7. The summed E-state index contributed by atoms with van der Waals surface area (Å²) in [6.45, 7) is 4.38. The van der Waals surface area contributed by atoms with Crippen molar-refractivity contribution in [1.82, 2.24) is 20.1 Å². The zero-order chi connectivity index (χ0) is 21.0. The monoisotopic (exact) mass is 418 g/mol. The van der Waals surface area contributed by atoms with Gasteiger partial charge < -0.3 is 4.74 Å². The molecular formula is C25H30N4O2. The Morgan fingerprint density at radius 3 is 2.77 bits per heavy atom. The van der Waals surface area contributed by atoms with Crippen molar-refractivity contribution >= 4 is 16.7 Å². The topological polar surface area (TPSA) is 71.1 Å². The van der Waals surface area contributed by atoms with Gasteiger partial charge in [0, 0.05) is 49.4 Å². The zero-order valence-corrected chi connectivity index (χ0v) is 18.0. The Morgan fingerprint density at radius 2 is 1.94 bits per heavy atom. The van der Waals surface area contributed by atoms with Crippen LogP contribution in [0.3, 0.4) is 0 Å².